The largest absolute Gasteiger partial charge is 0.384 e. The van der Waals surface area contributed by atoms with Crippen molar-refractivity contribution < 1.29 is 4.74 Å². The van der Waals surface area contributed by atoms with E-state index in [0.717, 1.165) is 11.4 Å². The van der Waals surface area contributed by atoms with Gasteiger partial charge in [0.1, 0.15) is 18.2 Å². The summed E-state index contributed by atoms with van der Waals surface area (Å²) in [5, 5.41) is 3.23. The summed E-state index contributed by atoms with van der Waals surface area (Å²) in [6.45, 7) is 0.331. The van der Waals surface area contributed by atoms with Crippen LogP contribution < -0.4 is 16.0 Å². The molecule has 0 atom stereocenters. The van der Waals surface area contributed by atoms with Crippen molar-refractivity contribution in [2.75, 3.05) is 37.2 Å². The van der Waals surface area contributed by atoms with Crippen molar-refractivity contribution in [1.82, 2.24) is 9.97 Å². The van der Waals surface area contributed by atoms with Gasteiger partial charge in [0.05, 0.1) is 0 Å². The van der Waals surface area contributed by atoms with Crippen LogP contribution in [0, 0.1) is 0 Å². The fourth-order valence-corrected chi connectivity index (χ4v) is 1.79. The van der Waals surface area contributed by atoms with Crippen LogP contribution in [0.3, 0.4) is 0 Å². The molecule has 6 nitrogen and oxygen atoms in total. The zero-order valence-electron chi connectivity index (χ0n) is 11.9. The van der Waals surface area contributed by atoms with Gasteiger partial charge in [-0.25, -0.2) is 9.97 Å². The molecule has 0 amide bonds. The molecule has 0 radical (unpaired) electrons. The highest BCUT2D eigenvalue weighted by Gasteiger charge is 2.04. The van der Waals surface area contributed by atoms with Crippen LogP contribution in [0.25, 0.3) is 0 Å². The first-order valence-corrected chi connectivity index (χ1v) is 6.25. The summed E-state index contributed by atoms with van der Waals surface area (Å²) in [4.78, 5) is 10.5. The second-order valence-corrected chi connectivity index (χ2v) is 4.60. The fraction of sp³-hybridized carbons (Fsp3) is 0.286. The van der Waals surface area contributed by atoms with Gasteiger partial charge in [-0.1, -0.05) is 6.07 Å². The number of nitrogens with zero attached hydrogens (tertiary/aromatic N) is 3. The van der Waals surface area contributed by atoms with Gasteiger partial charge < -0.3 is 20.7 Å². The summed E-state index contributed by atoms with van der Waals surface area (Å²) in [6.07, 6.45) is 0. The van der Waals surface area contributed by atoms with Crippen molar-refractivity contribution >= 4 is 23.0 Å². The Morgan fingerprint density at radius 3 is 2.75 bits per heavy atom. The van der Waals surface area contributed by atoms with Gasteiger partial charge in [-0.3, -0.25) is 0 Å². The molecule has 0 aliphatic rings. The molecule has 1 aromatic heterocycles. The summed E-state index contributed by atoms with van der Waals surface area (Å²) >= 11 is 0. The zero-order chi connectivity index (χ0) is 14.5. The van der Waals surface area contributed by atoms with Crippen LogP contribution >= 0.6 is 0 Å². The third kappa shape index (κ3) is 3.58. The molecule has 2 aromatic rings. The lowest BCUT2D eigenvalue weighted by atomic mass is 10.2. The second-order valence-electron chi connectivity index (χ2n) is 4.60. The quantitative estimate of drug-likeness (QED) is 0.868. The molecule has 0 spiro atoms. The molecule has 2 rings (SSSR count). The highest BCUT2D eigenvalue weighted by atomic mass is 16.5. The van der Waals surface area contributed by atoms with Crippen LogP contribution in [-0.2, 0) is 11.3 Å². The maximum atomic E-state index is 5.77. The summed E-state index contributed by atoms with van der Waals surface area (Å²) < 4.78 is 5.02. The number of nitrogens with one attached hydrogen (secondary N) is 1. The van der Waals surface area contributed by atoms with Crippen molar-refractivity contribution in [3.8, 4) is 0 Å². The van der Waals surface area contributed by atoms with Gasteiger partial charge >= 0.3 is 0 Å². The Hall–Kier alpha value is -2.34. The lowest BCUT2D eigenvalue weighted by Crippen LogP contribution is -2.09. The molecule has 1 aromatic carbocycles. The number of anilines is 4. The molecular weight excluding hydrogens is 254 g/mol. The number of ether oxygens (including phenoxy) is 1. The van der Waals surface area contributed by atoms with Gasteiger partial charge in [-0.05, 0) is 18.2 Å². The van der Waals surface area contributed by atoms with E-state index in [-0.39, 0.29) is 0 Å². The first-order valence-electron chi connectivity index (χ1n) is 6.25. The van der Waals surface area contributed by atoms with Crippen LogP contribution in [0.2, 0.25) is 0 Å². The minimum absolute atomic E-state index is 0.331. The molecule has 0 saturated heterocycles. The van der Waals surface area contributed by atoms with Crippen LogP contribution in [0.4, 0.5) is 23.0 Å². The fourth-order valence-electron chi connectivity index (χ4n) is 1.79. The molecule has 0 aliphatic heterocycles. The Labute approximate surface area is 118 Å². The number of methoxy groups -OCH3 is 1. The normalized spacial score (nSPS) is 10.3. The van der Waals surface area contributed by atoms with Crippen LogP contribution in [0.15, 0.2) is 30.3 Å². The maximum Gasteiger partial charge on any atom is 0.158 e. The second kappa shape index (κ2) is 6.21. The molecule has 6 heteroatoms. The minimum atomic E-state index is 0.331. The number of nitrogen functional groups attached to an aromatic ring is 1. The highest BCUT2D eigenvalue weighted by molar-refractivity contribution is 5.64. The number of hydrogen-bond donors (Lipinski definition) is 2. The van der Waals surface area contributed by atoms with E-state index < -0.39 is 0 Å². The first kappa shape index (κ1) is 14.1. The van der Waals surface area contributed by atoms with Gasteiger partial charge in [-0.15, -0.1) is 0 Å². The van der Waals surface area contributed by atoms with Crippen molar-refractivity contribution in [2.24, 2.45) is 0 Å². The standard InChI is InChI=1S/C14H19N5O/c1-19(2)11-6-4-5-10(7-11)16-13-8-12(15)17-14(18-13)9-20-3/h4-8H,9H2,1-3H3,(H3,15,16,17,18). The van der Waals surface area contributed by atoms with Gasteiger partial charge in [-0.2, -0.15) is 0 Å². The third-order valence-electron chi connectivity index (χ3n) is 2.70. The van der Waals surface area contributed by atoms with E-state index in [1.807, 2.05) is 43.3 Å². The predicted octanol–water partition coefficient (Wildman–Crippen LogP) is 2.01. The Bertz CT molecular complexity index is 586. The lowest BCUT2D eigenvalue weighted by molar-refractivity contribution is 0.178. The summed E-state index contributed by atoms with van der Waals surface area (Å²) in [5.74, 6) is 1.62. The topological polar surface area (TPSA) is 76.3 Å². The monoisotopic (exact) mass is 273 g/mol. The van der Waals surface area contributed by atoms with Crippen molar-refractivity contribution in [3.63, 3.8) is 0 Å². The molecular formula is C14H19N5O. The van der Waals surface area contributed by atoms with Gasteiger partial charge in [0.25, 0.3) is 0 Å². The molecule has 0 saturated carbocycles. The van der Waals surface area contributed by atoms with E-state index in [4.69, 9.17) is 10.5 Å². The van der Waals surface area contributed by atoms with Crippen molar-refractivity contribution in [1.29, 1.82) is 0 Å². The number of benzene rings is 1. The number of hydrogen-bond acceptors (Lipinski definition) is 6. The number of nitrogens with two attached hydrogens (primary N) is 1. The SMILES string of the molecule is COCc1nc(N)cc(Nc2cccc(N(C)C)c2)n1. The maximum absolute atomic E-state index is 5.77. The molecule has 20 heavy (non-hydrogen) atoms. The highest BCUT2D eigenvalue weighted by Crippen LogP contribution is 2.21. The molecule has 3 N–H and O–H groups in total. The first-order chi connectivity index (χ1) is 9.58. The van der Waals surface area contributed by atoms with Crippen LogP contribution in [0.5, 0.6) is 0 Å². The average molecular weight is 273 g/mol. The summed E-state index contributed by atoms with van der Waals surface area (Å²) in [5.41, 5.74) is 7.81. The Morgan fingerprint density at radius 1 is 1.25 bits per heavy atom. The number of rotatable bonds is 5. The third-order valence-corrected chi connectivity index (χ3v) is 2.70. The van der Waals surface area contributed by atoms with Crippen LogP contribution in [0.1, 0.15) is 5.82 Å². The van der Waals surface area contributed by atoms with Gasteiger partial charge in [0.15, 0.2) is 5.82 Å². The van der Waals surface area contributed by atoms with Crippen LogP contribution in [-0.4, -0.2) is 31.2 Å². The van der Waals surface area contributed by atoms with E-state index in [1.54, 1.807) is 13.2 Å². The van der Waals surface area contributed by atoms with E-state index in [0.29, 0.717) is 24.1 Å². The molecule has 0 fully saturated rings. The molecule has 106 valence electrons. The van der Waals surface area contributed by atoms with Gasteiger partial charge in [0, 0.05) is 38.6 Å². The Kier molecular flexibility index (Phi) is 4.37. The van der Waals surface area contributed by atoms with E-state index in [9.17, 15) is 0 Å². The van der Waals surface area contributed by atoms with Crippen molar-refractivity contribution in [3.05, 3.63) is 36.2 Å². The van der Waals surface area contributed by atoms with E-state index in [2.05, 4.69) is 15.3 Å². The number of aromatic nitrogens is 2. The molecule has 0 aliphatic carbocycles. The minimum Gasteiger partial charge on any atom is -0.384 e. The smallest absolute Gasteiger partial charge is 0.158 e. The molecule has 0 bridgehead atoms. The van der Waals surface area contributed by atoms with E-state index in [1.165, 1.54) is 0 Å². The molecule has 0 unspecified atom stereocenters. The Morgan fingerprint density at radius 2 is 2.05 bits per heavy atom. The van der Waals surface area contributed by atoms with E-state index >= 15 is 0 Å². The predicted molar refractivity (Wildman–Crippen MR) is 81.2 cm³/mol. The zero-order valence-corrected chi connectivity index (χ0v) is 11.9. The van der Waals surface area contributed by atoms with Gasteiger partial charge in [0.2, 0.25) is 0 Å². The average Bonchev–Trinajstić information content (AvgIpc) is 2.38. The summed E-state index contributed by atoms with van der Waals surface area (Å²) in [6, 6.07) is 9.73. The lowest BCUT2D eigenvalue weighted by Gasteiger charge is -2.14. The molecule has 1 heterocycles. The van der Waals surface area contributed by atoms with Crippen molar-refractivity contribution in [2.45, 2.75) is 6.61 Å². The summed E-state index contributed by atoms with van der Waals surface area (Å²) in [7, 11) is 5.59. The Balaban J connectivity index is 2.23.